The van der Waals surface area contributed by atoms with Crippen molar-refractivity contribution in [2.75, 3.05) is 19.0 Å². The number of rotatable bonds is 6. The number of amides is 1. The smallest absolute Gasteiger partial charge is 0.416 e. The van der Waals surface area contributed by atoms with Crippen molar-refractivity contribution in [3.63, 3.8) is 0 Å². The molecule has 1 amide bonds. The summed E-state index contributed by atoms with van der Waals surface area (Å²) in [5.41, 5.74) is -0.614. The summed E-state index contributed by atoms with van der Waals surface area (Å²) in [6.45, 7) is -0.330. The van der Waals surface area contributed by atoms with Gasteiger partial charge in [0.25, 0.3) is 5.91 Å². The number of hydrogen-bond donors (Lipinski definition) is 1. The third-order valence-electron chi connectivity index (χ3n) is 2.86. The van der Waals surface area contributed by atoms with Gasteiger partial charge in [-0.2, -0.15) is 13.2 Å². The van der Waals surface area contributed by atoms with Crippen molar-refractivity contribution < 1.29 is 32.2 Å². The van der Waals surface area contributed by atoms with Gasteiger partial charge in [0, 0.05) is 18.2 Å². The zero-order valence-corrected chi connectivity index (χ0v) is 13.7. The molecule has 0 atom stereocenters. The first kappa shape index (κ1) is 18.9. The lowest BCUT2D eigenvalue weighted by Crippen LogP contribution is -2.21. The number of thiazole rings is 1. The first-order valence-electron chi connectivity index (χ1n) is 6.87. The Bertz CT molecular complexity index is 744. The monoisotopic (exact) mass is 374 g/mol. The van der Waals surface area contributed by atoms with Crippen LogP contribution in [0.15, 0.2) is 29.6 Å². The van der Waals surface area contributed by atoms with Crippen molar-refractivity contribution in [3.8, 4) is 0 Å². The van der Waals surface area contributed by atoms with Gasteiger partial charge in [0.2, 0.25) is 0 Å². The largest absolute Gasteiger partial charge is 0.451 e. The third kappa shape index (κ3) is 5.54. The van der Waals surface area contributed by atoms with Crippen molar-refractivity contribution in [1.29, 1.82) is 0 Å². The number of anilines is 1. The molecule has 0 bridgehead atoms. The van der Waals surface area contributed by atoms with Crippen molar-refractivity contribution in [1.82, 2.24) is 4.98 Å². The van der Waals surface area contributed by atoms with Crippen LogP contribution in [0, 0.1) is 0 Å². The minimum absolute atomic E-state index is 0.0550. The molecule has 10 heteroatoms. The van der Waals surface area contributed by atoms with E-state index in [0.717, 1.165) is 24.3 Å². The van der Waals surface area contributed by atoms with Crippen LogP contribution in [0.1, 0.15) is 21.1 Å². The normalized spacial score (nSPS) is 11.2. The second kappa shape index (κ2) is 8.08. The number of ether oxygens (including phenoxy) is 2. The van der Waals surface area contributed by atoms with Crippen LogP contribution in [-0.2, 0) is 27.1 Å². The topological polar surface area (TPSA) is 77.5 Å². The molecule has 2 aromatic rings. The Morgan fingerprint density at radius 1 is 1.24 bits per heavy atom. The number of nitrogens with one attached hydrogen (secondary N) is 1. The molecule has 0 radical (unpaired) electrons. The van der Waals surface area contributed by atoms with E-state index in [2.05, 4.69) is 10.3 Å². The summed E-state index contributed by atoms with van der Waals surface area (Å²) < 4.78 is 47.0. The number of benzene rings is 1. The Hall–Kier alpha value is -2.46. The summed E-state index contributed by atoms with van der Waals surface area (Å²) in [4.78, 5) is 27.4. The lowest BCUT2D eigenvalue weighted by molar-refractivity contribution is -0.137. The van der Waals surface area contributed by atoms with Gasteiger partial charge in [-0.3, -0.25) is 4.79 Å². The highest BCUT2D eigenvalue weighted by molar-refractivity contribution is 7.09. The maximum atomic E-state index is 12.4. The van der Waals surface area contributed by atoms with Gasteiger partial charge in [0.05, 0.1) is 12.2 Å². The number of carbonyl (C=O) groups is 2. The number of halogens is 3. The Morgan fingerprint density at radius 2 is 1.92 bits per heavy atom. The van der Waals surface area contributed by atoms with Gasteiger partial charge in [-0.25, -0.2) is 9.78 Å². The van der Waals surface area contributed by atoms with Crippen molar-refractivity contribution in [2.24, 2.45) is 0 Å². The fraction of sp³-hybridized carbons (Fsp3) is 0.267. The average molecular weight is 374 g/mol. The number of esters is 1. The van der Waals surface area contributed by atoms with Crippen LogP contribution >= 0.6 is 11.3 Å². The Kier molecular flexibility index (Phi) is 6.10. The molecule has 0 saturated carbocycles. The van der Waals surface area contributed by atoms with Gasteiger partial charge in [-0.1, -0.05) is 0 Å². The first-order chi connectivity index (χ1) is 11.8. The average Bonchev–Trinajstić information content (AvgIpc) is 3.01. The molecule has 1 aromatic carbocycles. The maximum absolute atomic E-state index is 12.4. The molecule has 134 valence electrons. The number of methoxy groups -OCH3 is 1. The van der Waals surface area contributed by atoms with Crippen LogP contribution in [0.4, 0.5) is 18.9 Å². The van der Waals surface area contributed by atoms with Crippen molar-refractivity contribution in [3.05, 3.63) is 45.9 Å². The van der Waals surface area contributed by atoms with Crippen LogP contribution < -0.4 is 5.32 Å². The maximum Gasteiger partial charge on any atom is 0.416 e. The summed E-state index contributed by atoms with van der Waals surface area (Å²) in [6, 6.07) is 3.91. The molecule has 0 fully saturated rings. The van der Waals surface area contributed by atoms with Gasteiger partial charge in [-0.05, 0) is 24.3 Å². The van der Waals surface area contributed by atoms with E-state index in [-0.39, 0.29) is 18.0 Å². The van der Waals surface area contributed by atoms with E-state index in [1.165, 1.54) is 23.8 Å². The van der Waals surface area contributed by atoms with E-state index in [1.54, 1.807) is 0 Å². The molecule has 2 rings (SSSR count). The van der Waals surface area contributed by atoms with E-state index in [4.69, 9.17) is 9.47 Å². The number of hydrogen-bond acceptors (Lipinski definition) is 6. The third-order valence-corrected chi connectivity index (χ3v) is 3.68. The minimum Gasteiger partial charge on any atom is -0.451 e. The van der Waals surface area contributed by atoms with E-state index in [1.807, 2.05) is 0 Å². The minimum atomic E-state index is -4.45. The van der Waals surface area contributed by atoms with E-state index in [0.29, 0.717) is 5.01 Å². The zero-order chi connectivity index (χ0) is 18.4. The lowest BCUT2D eigenvalue weighted by atomic mass is 10.2. The first-order valence-corrected chi connectivity index (χ1v) is 7.75. The van der Waals surface area contributed by atoms with E-state index >= 15 is 0 Å². The van der Waals surface area contributed by atoms with Gasteiger partial charge in [0.1, 0.15) is 5.01 Å². The van der Waals surface area contributed by atoms with Gasteiger partial charge in [0.15, 0.2) is 12.3 Å². The molecular weight excluding hydrogens is 361 g/mol. The van der Waals surface area contributed by atoms with Gasteiger partial charge < -0.3 is 14.8 Å². The second-order valence-corrected chi connectivity index (χ2v) is 5.70. The summed E-state index contributed by atoms with van der Waals surface area (Å²) in [5.74, 6) is -1.46. The fourth-order valence-corrected chi connectivity index (χ4v) is 2.47. The summed E-state index contributed by atoms with van der Waals surface area (Å²) >= 11 is 1.21. The molecular formula is C15H13F3N2O4S. The van der Waals surface area contributed by atoms with E-state index in [9.17, 15) is 22.8 Å². The predicted octanol–water partition coefficient (Wildman–Crippen LogP) is 3.10. The molecule has 0 aliphatic carbocycles. The Balaban J connectivity index is 1.84. The highest BCUT2D eigenvalue weighted by Gasteiger charge is 2.30. The standard InChI is InChI=1S/C15H13F3N2O4S/c1-23-7-13-20-11(8-25-13)14(22)24-6-12(21)19-10-4-2-9(3-5-10)15(16,17)18/h2-5,8H,6-7H2,1H3,(H,19,21). The second-order valence-electron chi connectivity index (χ2n) is 4.76. The molecule has 0 aliphatic rings. The van der Waals surface area contributed by atoms with Crippen LogP contribution in [0.2, 0.25) is 0 Å². The molecule has 25 heavy (non-hydrogen) atoms. The molecule has 1 heterocycles. The molecule has 0 spiro atoms. The lowest BCUT2D eigenvalue weighted by Gasteiger charge is -2.09. The molecule has 1 aromatic heterocycles. The van der Waals surface area contributed by atoms with Crippen LogP contribution in [-0.4, -0.2) is 30.6 Å². The van der Waals surface area contributed by atoms with Crippen LogP contribution in [0.5, 0.6) is 0 Å². The molecule has 0 unspecified atom stereocenters. The van der Waals surface area contributed by atoms with Crippen LogP contribution in [0.3, 0.4) is 0 Å². The Morgan fingerprint density at radius 3 is 2.52 bits per heavy atom. The number of nitrogens with zero attached hydrogens (tertiary/aromatic N) is 1. The molecule has 6 nitrogen and oxygen atoms in total. The summed E-state index contributed by atoms with van der Waals surface area (Å²) in [6.07, 6.45) is -4.45. The zero-order valence-electron chi connectivity index (χ0n) is 12.9. The van der Waals surface area contributed by atoms with Crippen molar-refractivity contribution >= 4 is 28.9 Å². The number of carbonyl (C=O) groups excluding carboxylic acids is 2. The van der Waals surface area contributed by atoms with Crippen molar-refractivity contribution in [2.45, 2.75) is 12.8 Å². The molecule has 0 saturated heterocycles. The highest BCUT2D eigenvalue weighted by Crippen LogP contribution is 2.29. The molecule has 0 aliphatic heterocycles. The van der Waals surface area contributed by atoms with Crippen LogP contribution in [0.25, 0.3) is 0 Å². The van der Waals surface area contributed by atoms with E-state index < -0.39 is 30.2 Å². The fourth-order valence-electron chi connectivity index (χ4n) is 1.74. The quantitative estimate of drug-likeness (QED) is 0.786. The van der Waals surface area contributed by atoms with Gasteiger partial charge >= 0.3 is 12.1 Å². The highest BCUT2D eigenvalue weighted by atomic mass is 32.1. The van der Waals surface area contributed by atoms with Gasteiger partial charge in [-0.15, -0.1) is 11.3 Å². The Labute approximate surface area is 144 Å². The number of alkyl halides is 3. The predicted molar refractivity (Wildman–Crippen MR) is 83.2 cm³/mol. The summed E-state index contributed by atoms with van der Waals surface area (Å²) in [7, 11) is 1.49. The summed E-state index contributed by atoms with van der Waals surface area (Å²) in [5, 5.41) is 4.39. The SMILES string of the molecule is COCc1nc(C(=O)OCC(=O)Nc2ccc(C(F)(F)F)cc2)cs1. The number of aromatic nitrogens is 1. The molecule has 1 N–H and O–H groups in total.